The molecule has 0 saturated carbocycles. The topological polar surface area (TPSA) is 109 Å². The molecule has 4 rings (SSSR count). The van der Waals surface area contributed by atoms with Gasteiger partial charge >= 0.3 is 0 Å². The number of ether oxygens (including phenoxy) is 3. The standard InChI is InChI=1S/C28H34N2O7/c1-4-37-22-9-7-19(17-23(22)35-3)25-24(26(32)20-16-18(2)6-8-21(20)31)27(33)28(34)30(25)11-5-10-29-12-14-36-15-13-29/h6-9,16-17,25,31-32H,4-5,10-15H2,1-3H3. The normalized spacial score (nSPS) is 19.9. The van der Waals surface area contributed by atoms with Crippen molar-refractivity contribution in [3.05, 3.63) is 58.7 Å². The number of nitrogens with zero attached hydrogens (tertiary/aromatic N) is 2. The average molecular weight is 511 g/mol. The summed E-state index contributed by atoms with van der Waals surface area (Å²) in [5, 5.41) is 21.7. The Morgan fingerprint density at radius 3 is 2.54 bits per heavy atom. The fourth-order valence-electron chi connectivity index (χ4n) is 4.86. The molecule has 2 aromatic carbocycles. The van der Waals surface area contributed by atoms with Gasteiger partial charge in [0.15, 0.2) is 11.5 Å². The van der Waals surface area contributed by atoms with Gasteiger partial charge in [0.2, 0.25) is 0 Å². The van der Waals surface area contributed by atoms with E-state index in [-0.39, 0.29) is 16.9 Å². The number of phenolic OH excluding ortho intramolecular Hbond substituents is 1. The highest BCUT2D eigenvalue weighted by Gasteiger charge is 2.46. The van der Waals surface area contributed by atoms with Crippen molar-refractivity contribution < 1.29 is 34.0 Å². The lowest BCUT2D eigenvalue weighted by Gasteiger charge is -2.29. The first-order valence-corrected chi connectivity index (χ1v) is 12.5. The molecule has 2 fully saturated rings. The lowest BCUT2D eigenvalue weighted by molar-refractivity contribution is -0.140. The maximum atomic E-state index is 13.3. The van der Waals surface area contributed by atoms with Crippen molar-refractivity contribution in [3.8, 4) is 17.2 Å². The molecule has 1 atom stereocenters. The predicted molar refractivity (Wildman–Crippen MR) is 138 cm³/mol. The quantitative estimate of drug-likeness (QED) is 0.301. The van der Waals surface area contributed by atoms with Crippen molar-refractivity contribution >= 4 is 17.4 Å². The van der Waals surface area contributed by atoms with E-state index in [0.717, 1.165) is 25.2 Å². The SMILES string of the molecule is CCOc1ccc(C2C(=C(O)c3cc(C)ccc3O)C(=O)C(=O)N2CCCN2CCOCC2)cc1OC. The van der Waals surface area contributed by atoms with Crippen LogP contribution < -0.4 is 9.47 Å². The molecule has 0 aliphatic carbocycles. The van der Waals surface area contributed by atoms with Crippen LogP contribution in [0.5, 0.6) is 17.2 Å². The first kappa shape index (κ1) is 26.5. The molecule has 9 heteroatoms. The summed E-state index contributed by atoms with van der Waals surface area (Å²) in [4.78, 5) is 30.4. The Morgan fingerprint density at radius 1 is 1.08 bits per heavy atom. The molecule has 2 aromatic rings. The highest BCUT2D eigenvalue weighted by molar-refractivity contribution is 6.46. The zero-order valence-electron chi connectivity index (χ0n) is 21.5. The van der Waals surface area contributed by atoms with Crippen molar-refractivity contribution in [3.63, 3.8) is 0 Å². The largest absolute Gasteiger partial charge is 0.507 e. The van der Waals surface area contributed by atoms with E-state index in [2.05, 4.69) is 4.90 Å². The number of Topliss-reactive ketones (excluding diaryl/α,β-unsaturated/α-hetero) is 1. The highest BCUT2D eigenvalue weighted by atomic mass is 16.5. The summed E-state index contributed by atoms with van der Waals surface area (Å²) in [5.74, 6) is -1.07. The van der Waals surface area contributed by atoms with Gasteiger partial charge in [-0.05, 0) is 50.1 Å². The third-order valence-electron chi connectivity index (χ3n) is 6.73. The molecule has 37 heavy (non-hydrogen) atoms. The molecule has 0 bridgehead atoms. The Kier molecular flexibility index (Phi) is 8.35. The Morgan fingerprint density at radius 2 is 1.84 bits per heavy atom. The van der Waals surface area contributed by atoms with Crippen LogP contribution in [0.2, 0.25) is 0 Å². The van der Waals surface area contributed by atoms with Gasteiger partial charge in [-0.25, -0.2) is 0 Å². The number of benzene rings is 2. The Hall–Kier alpha value is -3.56. The maximum absolute atomic E-state index is 13.3. The van der Waals surface area contributed by atoms with Crippen LogP contribution in [0.1, 0.15) is 36.1 Å². The molecule has 0 aromatic heterocycles. The monoisotopic (exact) mass is 510 g/mol. The number of aromatic hydroxyl groups is 1. The summed E-state index contributed by atoms with van der Waals surface area (Å²) < 4.78 is 16.6. The highest BCUT2D eigenvalue weighted by Crippen LogP contribution is 2.43. The van der Waals surface area contributed by atoms with Crippen LogP contribution in [0.25, 0.3) is 5.76 Å². The van der Waals surface area contributed by atoms with Crippen molar-refractivity contribution in [2.75, 3.05) is 53.1 Å². The number of aryl methyl sites for hydroxylation is 1. The number of hydrogen-bond donors (Lipinski definition) is 2. The van der Waals surface area contributed by atoms with E-state index in [1.165, 1.54) is 18.1 Å². The van der Waals surface area contributed by atoms with Crippen LogP contribution in [-0.2, 0) is 14.3 Å². The molecule has 1 amide bonds. The summed E-state index contributed by atoms with van der Waals surface area (Å²) >= 11 is 0. The van der Waals surface area contributed by atoms with Crippen LogP contribution >= 0.6 is 0 Å². The van der Waals surface area contributed by atoms with Crippen LogP contribution in [0, 0.1) is 6.92 Å². The predicted octanol–water partition coefficient (Wildman–Crippen LogP) is 3.25. The van der Waals surface area contributed by atoms with E-state index in [1.54, 1.807) is 30.3 Å². The van der Waals surface area contributed by atoms with E-state index in [0.29, 0.717) is 49.8 Å². The molecule has 198 valence electrons. The lowest BCUT2D eigenvalue weighted by atomic mass is 9.94. The smallest absolute Gasteiger partial charge is 0.295 e. The number of morpholine rings is 1. The molecule has 2 saturated heterocycles. The van der Waals surface area contributed by atoms with Crippen molar-refractivity contribution in [2.45, 2.75) is 26.3 Å². The molecule has 0 spiro atoms. The van der Waals surface area contributed by atoms with Gasteiger partial charge in [-0.2, -0.15) is 0 Å². The molecular formula is C28H34N2O7. The lowest BCUT2D eigenvalue weighted by Crippen LogP contribution is -2.39. The second kappa shape index (κ2) is 11.7. The Labute approximate surface area is 216 Å². The summed E-state index contributed by atoms with van der Waals surface area (Å²) in [6.45, 7) is 8.20. The van der Waals surface area contributed by atoms with E-state index in [4.69, 9.17) is 14.2 Å². The number of likely N-dealkylation sites (tertiary alicyclic amines) is 1. The van der Waals surface area contributed by atoms with Crippen LogP contribution in [0.3, 0.4) is 0 Å². The average Bonchev–Trinajstić information content (AvgIpc) is 3.15. The number of hydrogen-bond acceptors (Lipinski definition) is 8. The van der Waals surface area contributed by atoms with Crippen LogP contribution in [-0.4, -0.2) is 84.8 Å². The van der Waals surface area contributed by atoms with Crippen LogP contribution in [0.4, 0.5) is 0 Å². The molecule has 2 aliphatic heterocycles. The van der Waals surface area contributed by atoms with Gasteiger partial charge in [0, 0.05) is 26.2 Å². The van der Waals surface area contributed by atoms with Crippen LogP contribution in [0.15, 0.2) is 42.0 Å². The number of methoxy groups -OCH3 is 1. The van der Waals surface area contributed by atoms with Gasteiger partial charge in [0.05, 0.1) is 44.1 Å². The minimum Gasteiger partial charge on any atom is -0.507 e. The number of aliphatic hydroxyl groups excluding tert-OH is 1. The van der Waals surface area contributed by atoms with Gasteiger partial charge in [-0.3, -0.25) is 14.5 Å². The van der Waals surface area contributed by atoms with E-state index in [1.807, 2.05) is 13.8 Å². The van der Waals surface area contributed by atoms with E-state index >= 15 is 0 Å². The summed E-state index contributed by atoms with van der Waals surface area (Å²) in [6, 6.07) is 9.11. The van der Waals surface area contributed by atoms with Gasteiger partial charge in [0.1, 0.15) is 11.5 Å². The third-order valence-corrected chi connectivity index (χ3v) is 6.73. The number of carbonyl (C=O) groups is 2. The molecule has 2 heterocycles. The first-order valence-electron chi connectivity index (χ1n) is 12.5. The number of rotatable bonds is 9. The summed E-state index contributed by atoms with van der Waals surface area (Å²) in [7, 11) is 1.52. The second-order valence-electron chi connectivity index (χ2n) is 9.16. The fourth-order valence-corrected chi connectivity index (χ4v) is 4.86. The second-order valence-corrected chi connectivity index (χ2v) is 9.16. The zero-order valence-corrected chi connectivity index (χ0v) is 21.5. The van der Waals surface area contributed by atoms with Gasteiger partial charge in [0.25, 0.3) is 11.7 Å². The van der Waals surface area contributed by atoms with Crippen molar-refractivity contribution in [2.24, 2.45) is 0 Å². The number of ketones is 1. The van der Waals surface area contributed by atoms with E-state index in [9.17, 15) is 19.8 Å². The summed E-state index contributed by atoms with van der Waals surface area (Å²) in [6.07, 6.45) is 0.646. The maximum Gasteiger partial charge on any atom is 0.295 e. The zero-order chi connectivity index (χ0) is 26.5. The Balaban J connectivity index is 1.75. The third kappa shape index (κ3) is 5.57. The molecule has 1 unspecified atom stereocenters. The minimum absolute atomic E-state index is 0.0662. The number of aliphatic hydroxyl groups is 1. The first-order chi connectivity index (χ1) is 17.8. The molecule has 2 aliphatic rings. The molecular weight excluding hydrogens is 476 g/mol. The van der Waals surface area contributed by atoms with Gasteiger partial charge in [-0.1, -0.05) is 17.7 Å². The molecule has 2 N–H and O–H groups in total. The number of carbonyl (C=O) groups excluding carboxylic acids is 2. The van der Waals surface area contributed by atoms with Gasteiger partial charge < -0.3 is 29.3 Å². The van der Waals surface area contributed by atoms with Gasteiger partial charge in [-0.15, -0.1) is 0 Å². The minimum atomic E-state index is -0.853. The molecule has 0 radical (unpaired) electrons. The Bertz CT molecular complexity index is 1190. The summed E-state index contributed by atoms with van der Waals surface area (Å²) in [5.41, 5.74) is 1.43. The number of phenols is 1. The van der Waals surface area contributed by atoms with E-state index < -0.39 is 23.5 Å². The van der Waals surface area contributed by atoms with Crippen molar-refractivity contribution in [1.82, 2.24) is 9.80 Å². The molecule has 9 nitrogen and oxygen atoms in total. The van der Waals surface area contributed by atoms with Crippen molar-refractivity contribution in [1.29, 1.82) is 0 Å². The number of amides is 1. The fraction of sp³-hybridized carbons (Fsp3) is 0.429.